The summed E-state index contributed by atoms with van der Waals surface area (Å²) in [7, 11) is 0. The summed E-state index contributed by atoms with van der Waals surface area (Å²) in [4.78, 5) is 0. The Labute approximate surface area is 88.3 Å². The largest absolute Gasteiger partial charge is 0.411 e. The van der Waals surface area contributed by atoms with E-state index in [2.05, 4.69) is 18.3 Å². The second-order valence-corrected chi connectivity index (χ2v) is 1.75. The zero-order valence-electron chi connectivity index (χ0n) is 10.0. The molecule has 0 aliphatic rings. The van der Waals surface area contributed by atoms with Crippen LogP contribution in [0.4, 0.5) is 0 Å². The van der Waals surface area contributed by atoms with Crippen LogP contribution in [0.15, 0.2) is 42.1 Å². The van der Waals surface area contributed by atoms with Crippen LogP contribution in [0.5, 0.6) is 0 Å². The minimum absolute atomic E-state index is 0.537. The number of rotatable bonds is 3. The molecule has 0 saturated heterocycles. The Morgan fingerprint density at radius 3 is 1.79 bits per heavy atom. The topological polar surface area (TPSA) is 32.6 Å². The van der Waals surface area contributed by atoms with Gasteiger partial charge in [0, 0.05) is 0 Å². The summed E-state index contributed by atoms with van der Waals surface area (Å²) in [6, 6.07) is 0. The molecule has 0 aromatic heterocycles. The van der Waals surface area contributed by atoms with E-state index in [0.717, 1.165) is 5.57 Å². The fourth-order valence-electron chi connectivity index (χ4n) is 0.521. The van der Waals surface area contributed by atoms with E-state index in [-0.39, 0.29) is 0 Å². The molecule has 1 N–H and O–H groups in total. The summed E-state index contributed by atoms with van der Waals surface area (Å²) in [5.41, 5.74) is 1.31. The number of nitrogens with zero attached hydrogens (tertiary/aromatic N) is 1. The average Bonchev–Trinajstić information content (AvgIpc) is 2.30. The van der Waals surface area contributed by atoms with E-state index in [4.69, 9.17) is 5.21 Å². The molecule has 0 fully saturated rings. The van der Waals surface area contributed by atoms with Crippen LogP contribution in [-0.4, -0.2) is 10.9 Å². The van der Waals surface area contributed by atoms with E-state index in [0.29, 0.717) is 5.71 Å². The van der Waals surface area contributed by atoms with Crippen LogP contribution in [0, 0.1) is 0 Å². The maximum Gasteiger partial charge on any atom is 0.0836 e. The molecule has 0 amide bonds. The molecule has 2 heteroatoms. The molecule has 0 spiro atoms. The lowest BCUT2D eigenvalue weighted by Gasteiger charge is -1.94. The fraction of sp³-hybridized carbons (Fsp3) is 0.417. The Kier molecular flexibility index (Phi) is 23.3. The smallest absolute Gasteiger partial charge is 0.0836 e. The van der Waals surface area contributed by atoms with Gasteiger partial charge in [0.1, 0.15) is 0 Å². The summed E-state index contributed by atoms with van der Waals surface area (Å²) in [5.74, 6) is 0. The van der Waals surface area contributed by atoms with Crippen molar-refractivity contribution in [1.82, 2.24) is 0 Å². The normalized spacial score (nSPS) is 10.1. The van der Waals surface area contributed by atoms with Gasteiger partial charge < -0.3 is 5.21 Å². The molecule has 2 nitrogen and oxygen atoms in total. The number of allylic oxidation sites excluding steroid dienone is 4. The zero-order valence-corrected chi connectivity index (χ0v) is 10.0. The molecular weight excluding hydrogens is 174 g/mol. The van der Waals surface area contributed by atoms with Crippen molar-refractivity contribution in [3.05, 3.63) is 37.0 Å². The maximum absolute atomic E-state index is 8.33. The first-order valence-corrected chi connectivity index (χ1v) is 4.90. The molecule has 0 aromatic carbocycles. The fourth-order valence-corrected chi connectivity index (χ4v) is 0.521. The summed E-state index contributed by atoms with van der Waals surface area (Å²) >= 11 is 0. The van der Waals surface area contributed by atoms with Crippen LogP contribution >= 0.6 is 0 Å². The summed E-state index contributed by atoms with van der Waals surface area (Å²) < 4.78 is 0. The van der Waals surface area contributed by atoms with Gasteiger partial charge in [-0.15, -0.1) is 0 Å². The van der Waals surface area contributed by atoms with E-state index in [1.165, 1.54) is 0 Å². The van der Waals surface area contributed by atoms with Crippen molar-refractivity contribution in [1.29, 1.82) is 0 Å². The molecule has 0 rings (SSSR count). The van der Waals surface area contributed by atoms with E-state index in [1.54, 1.807) is 25.2 Å². The van der Waals surface area contributed by atoms with Crippen molar-refractivity contribution in [2.45, 2.75) is 34.6 Å². The molecule has 0 aliphatic heterocycles. The van der Waals surface area contributed by atoms with Gasteiger partial charge in [-0.2, -0.15) is 0 Å². The third-order valence-electron chi connectivity index (χ3n) is 1.09. The molecule has 0 bridgehead atoms. The molecule has 14 heavy (non-hydrogen) atoms. The molecule has 0 heterocycles. The number of hydrogen-bond acceptors (Lipinski definition) is 2. The lowest BCUT2D eigenvalue weighted by atomic mass is 10.1. The highest BCUT2D eigenvalue weighted by Gasteiger charge is 1.93. The van der Waals surface area contributed by atoms with Crippen LogP contribution < -0.4 is 0 Å². The first kappa shape index (κ1) is 18.5. The maximum atomic E-state index is 8.33. The van der Waals surface area contributed by atoms with E-state index in [9.17, 15) is 0 Å². The van der Waals surface area contributed by atoms with Crippen molar-refractivity contribution in [3.63, 3.8) is 0 Å². The van der Waals surface area contributed by atoms with Crippen LogP contribution in [0.3, 0.4) is 0 Å². The first-order valence-electron chi connectivity index (χ1n) is 4.90. The number of oxime groups is 1. The van der Waals surface area contributed by atoms with Gasteiger partial charge in [0.15, 0.2) is 0 Å². The van der Waals surface area contributed by atoms with E-state index < -0.39 is 0 Å². The predicted molar refractivity (Wildman–Crippen MR) is 66.1 cm³/mol. The third-order valence-corrected chi connectivity index (χ3v) is 1.09. The second kappa shape index (κ2) is 17.7. The number of hydrogen-bond donors (Lipinski definition) is 1. The van der Waals surface area contributed by atoms with Gasteiger partial charge >= 0.3 is 0 Å². The molecule has 0 unspecified atom stereocenters. The van der Waals surface area contributed by atoms with Crippen molar-refractivity contribution >= 4 is 5.71 Å². The average molecular weight is 197 g/mol. The van der Waals surface area contributed by atoms with Crippen molar-refractivity contribution < 1.29 is 5.21 Å². The molecule has 0 aliphatic carbocycles. The van der Waals surface area contributed by atoms with Gasteiger partial charge in [0.05, 0.1) is 5.71 Å². The van der Waals surface area contributed by atoms with Crippen LogP contribution in [-0.2, 0) is 0 Å². The van der Waals surface area contributed by atoms with Crippen molar-refractivity contribution in [2.75, 3.05) is 0 Å². The predicted octanol–water partition coefficient (Wildman–Crippen LogP) is 4.19. The Balaban J connectivity index is -0.000000266. The highest BCUT2D eigenvalue weighted by molar-refractivity contribution is 6.00. The summed E-state index contributed by atoms with van der Waals surface area (Å²) in [6.07, 6.45) is 4.95. The minimum Gasteiger partial charge on any atom is -0.411 e. The van der Waals surface area contributed by atoms with Gasteiger partial charge in [0.2, 0.25) is 0 Å². The van der Waals surface area contributed by atoms with Crippen molar-refractivity contribution in [3.8, 4) is 0 Å². The Hall–Kier alpha value is -1.31. The standard InChI is InChI=1S/C8H11NO.2C2H6/c1-4-6-8(5-2)7(3)9-10;2*1-2/h4-6,10H,1-2H2,3H3;2*1-2H3/b8-6+,9-7?;;. The summed E-state index contributed by atoms with van der Waals surface area (Å²) in [6.45, 7) is 16.7. The molecule has 0 aromatic rings. The van der Waals surface area contributed by atoms with E-state index >= 15 is 0 Å². The third kappa shape index (κ3) is 10.7. The first-order chi connectivity index (χ1) is 6.76. The second-order valence-electron chi connectivity index (χ2n) is 1.75. The molecule has 0 radical (unpaired) electrons. The van der Waals surface area contributed by atoms with Gasteiger partial charge in [0.25, 0.3) is 0 Å². The van der Waals surface area contributed by atoms with Gasteiger partial charge in [-0.25, -0.2) is 0 Å². The highest BCUT2D eigenvalue weighted by Crippen LogP contribution is 1.98. The molecule has 0 atom stereocenters. The summed E-state index contributed by atoms with van der Waals surface area (Å²) in [5, 5.41) is 11.3. The van der Waals surface area contributed by atoms with Crippen molar-refractivity contribution in [2.24, 2.45) is 5.16 Å². The monoisotopic (exact) mass is 197 g/mol. The molecular formula is C12H23NO. The molecule has 82 valence electrons. The van der Waals surface area contributed by atoms with Crippen LogP contribution in [0.1, 0.15) is 34.6 Å². The Morgan fingerprint density at radius 2 is 1.57 bits per heavy atom. The van der Waals surface area contributed by atoms with Gasteiger partial charge in [-0.3, -0.25) is 0 Å². The molecule has 0 saturated carbocycles. The Bertz CT molecular complexity index is 190. The SMILES string of the molecule is C=C/C=C(\C=C)C(C)=NO.CC.CC. The van der Waals surface area contributed by atoms with Crippen LogP contribution in [0.25, 0.3) is 0 Å². The lowest BCUT2D eigenvalue weighted by Crippen LogP contribution is -1.92. The van der Waals surface area contributed by atoms with E-state index in [1.807, 2.05) is 27.7 Å². The van der Waals surface area contributed by atoms with Crippen LogP contribution in [0.2, 0.25) is 0 Å². The van der Waals surface area contributed by atoms with Gasteiger partial charge in [-0.05, 0) is 12.5 Å². The van der Waals surface area contributed by atoms with Gasteiger partial charge in [-0.1, -0.05) is 64.2 Å². The highest BCUT2D eigenvalue weighted by atomic mass is 16.4. The minimum atomic E-state index is 0.537. The quantitative estimate of drug-likeness (QED) is 0.313. The lowest BCUT2D eigenvalue weighted by molar-refractivity contribution is 0.319. The Morgan fingerprint density at radius 1 is 1.14 bits per heavy atom. The zero-order chi connectivity index (χ0) is 12.0.